The van der Waals surface area contributed by atoms with Crippen LogP contribution in [0.15, 0.2) is 35.7 Å². The van der Waals surface area contributed by atoms with E-state index in [1.165, 1.54) is 12.0 Å². The van der Waals surface area contributed by atoms with Crippen LogP contribution in [0.1, 0.15) is 76.6 Å². The van der Waals surface area contributed by atoms with E-state index in [-0.39, 0.29) is 31.2 Å². The van der Waals surface area contributed by atoms with E-state index in [0.717, 1.165) is 24.3 Å². The van der Waals surface area contributed by atoms with Crippen LogP contribution >= 0.6 is 22.9 Å². The summed E-state index contributed by atoms with van der Waals surface area (Å²) in [5.41, 5.74) is 0.357. The summed E-state index contributed by atoms with van der Waals surface area (Å²) in [5, 5.41) is 6.81. The molecular formula is C37H45ClN6O7S2. The van der Waals surface area contributed by atoms with E-state index in [2.05, 4.69) is 23.9 Å². The molecule has 3 aromatic rings. The number of halogens is 1. The van der Waals surface area contributed by atoms with Crippen LogP contribution in [-0.4, -0.2) is 95.7 Å². The molecule has 16 heteroatoms. The first kappa shape index (κ1) is 37.4. The number of hydrogen-bond donors (Lipinski definition) is 2. The highest BCUT2D eigenvalue weighted by Crippen LogP contribution is 2.48. The fourth-order valence-electron chi connectivity index (χ4n) is 7.04. The van der Waals surface area contributed by atoms with Gasteiger partial charge in [0.2, 0.25) is 15.9 Å². The first-order chi connectivity index (χ1) is 25.1. The Hall–Kier alpha value is -3.95. The monoisotopic (exact) mass is 784 g/mol. The van der Waals surface area contributed by atoms with Gasteiger partial charge in [0.15, 0.2) is 0 Å². The zero-order valence-corrected chi connectivity index (χ0v) is 32.9. The van der Waals surface area contributed by atoms with Gasteiger partial charge in [0.05, 0.1) is 45.3 Å². The second-order valence-electron chi connectivity index (χ2n) is 15.2. The van der Waals surface area contributed by atoms with E-state index in [1.54, 1.807) is 48.4 Å². The molecular weight excluding hydrogens is 740 g/mol. The maximum atomic E-state index is 14.3. The van der Waals surface area contributed by atoms with Crippen molar-refractivity contribution in [1.29, 1.82) is 0 Å². The average Bonchev–Trinajstić information content (AvgIpc) is 3.88. The highest BCUT2D eigenvalue weighted by Gasteiger charge is 2.63. The molecule has 1 aromatic carbocycles. The van der Waals surface area contributed by atoms with Gasteiger partial charge in [0, 0.05) is 48.7 Å². The smallest absolute Gasteiger partial charge is 0.319 e. The number of rotatable bonds is 8. The number of hydrogen-bond acceptors (Lipinski definition) is 10. The summed E-state index contributed by atoms with van der Waals surface area (Å²) in [5.74, 6) is -0.274. The van der Waals surface area contributed by atoms with Crippen molar-refractivity contribution >= 4 is 61.7 Å². The summed E-state index contributed by atoms with van der Waals surface area (Å²) in [4.78, 5) is 54.7. The van der Waals surface area contributed by atoms with Crippen LogP contribution in [0.2, 0.25) is 5.02 Å². The maximum Gasteiger partial charge on any atom is 0.319 e. The molecule has 2 aromatic heterocycles. The highest BCUT2D eigenvalue weighted by atomic mass is 35.5. The van der Waals surface area contributed by atoms with Crippen molar-refractivity contribution < 1.29 is 32.3 Å². The van der Waals surface area contributed by atoms with E-state index in [1.807, 2.05) is 17.5 Å². The Morgan fingerprint density at radius 1 is 1.13 bits per heavy atom. The third-order valence-corrected chi connectivity index (χ3v) is 14.5. The van der Waals surface area contributed by atoms with Crippen LogP contribution in [0.3, 0.4) is 0 Å². The van der Waals surface area contributed by atoms with Crippen molar-refractivity contribution in [2.45, 2.75) is 94.1 Å². The molecule has 2 saturated carbocycles. The van der Waals surface area contributed by atoms with Gasteiger partial charge in [0.1, 0.15) is 29.2 Å². The number of methoxy groups -OCH3 is 1. The van der Waals surface area contributed by atoms with Crippen LogP contribution in [0.5, 0.6) is 11.5 Å². The molecule has 284 valence electrons. The molecule has 0 bridgehead atoms. The molecule has 4 aliphatic rings. The molecule has 1 saturated heterocycles. The topological polar surface area (TPSA) is 160 Å². The Bertz CT molecular complexity index is 2100. The van der Waals surface area contributed by atoms with E-state index in [0.29, 0.717) is 58.2 Å². The molecule has 0 spiro atoms. The van der Waals surface area contributed by atoms with Crippen LogP contribution < -0.4 is 19.5 Å². The molecule has 4 amide bonds. The van der Waals surface area contributed by atoms with E-state index in [9.17, 15) is 22.8 Å². The number of sulfonamides is 1. The lowest BCUT2D eigenvalue weighted by Gasteiger charge is -2.30. The van der Waals surface area contributed by atoms with Crippen LogP contribution in [0.4, 0.5) is 4.79 Å². The number of allylic oxidation sites excluding steroid dienone is 1. The van der Waals surface area contributed by atoms with Gasteiger partial charge >= 0.3 is 6.03 Å². The number of amides is 4. The third-order valence-electron chi connectivity index (χ3n) is 10.9. The highest BCUT2D eigenvalue weighted by molar-refractivity contribution is 7.91. The van der Waals surface area contributed by atoms with Gasteiger partial charge in [-0.3, -0.25) is 14.3 Å². The van der Waals surface area contributed by atoms with E-state index < -0.39 is 50.3 Å². The minimum absolute atomic E-state index is 0.0305. The molecule has 53 heavy (non-hydrogen) atoms. The first-order valence-electron chi connectivity index (χ1n) is 18.0. The Kier molecular flexibility index (Phi) is 9.90. The number of carbonyl (C=O) groups excluding carboxylic acids is 3. The second-order valence-corrected chi connectivity index (χ2v) is 18.7. The molecule has 2 aliphatic carbocycles. The summed E-state index contributed by atoms with van der Waals surface area (Å²) < 4.78 is 39.6. The van der Waals surface area contributed by atoms with Crippen molar-refractivity contribution in [2.75, 3.05) is 27.2 Å². The summed E-state index contributed by atoms with van der Waals surface area (Å²) in [6, 6.07) is 3.73. The molecule has 7 rings (SSSR count). The quantitative estimate of drug-likeness (QED) is 0.276. The fourth-order valence-corrected chi connectivity index (χ4v) is 9.41. The van der Waals surface area contributed by atoms with Crippen molar-refractivity contribution in [2.24, 2.45) is 5.92 Å². The first-order valence-corrected chi connectivity index (χ1v) is 20.8. The van der Waals surface area contributed by atoms with E-state index in [4.69, 9.17) is 31.0 Å². The van der Waals surface area contributed by atoms with E-state index >= 15 is 0 Å². The van der Waals surface area contributed by atoms with Crippen molar-refractivity contribution in [3.63, 3.8) is 0 Å². The molecule has 2 aliphatic heterocycles. The van der Waals surface area contributed by atoms with Gasteiger partial charge in [-0.25, -0.2) is 23.2 Å². The molecule has 13 nitrogen and oxygen atoms in total. The minimum Gasteiger partial charge on any atom is -0.495 e. The number of thiazole rings is 1. The molecule has 4 heterocycles. The maximum absolute atomic E-state index is 14.3. The van der Waals surface area contributed by atoms with Gasteiger partial charge in [-0.2, -0.15) is 0 Å². The van der Waals surface area contributed by atoms with Crippen LogP contribution in [0.25, 0.3) is 22.3 Å². The number of ether oxygens (including phenoxy) is 2. The minimum atomic E-state index is -3.95. The van der Waals surface area contributed by atoms with Crippen molar-refractivity contribution in [1.82, 2.24) is 29.8 Å². The Morgan fingerprint density at radius 3 is 2.60 bits per heavy atom. The number of benzene rings is 1. The summed E-state index contributed by atoms with van der Waals surface area (Å²) in [6.07, 6.45) is 6.87. The zero-order valence-electron chi connectivity index (χ0n) is 30.5. The van der Waals surface area contributed by atoms with Gasteiger partial charge in [-0.15, -0.1) is 11.3 Å². The van der Waals surface area contributed by atoms with Crippen LogP contribution in [0, 0.1) is 5.92 Å². The zero-order chi connectivity index (χ0) is 37.9. The Labute approximate surface area is 318 Å². The normalized spacial score (nSPS) is 26.4. The van der Waals surface area contributed by atoms with Gasteiger partial charge in [0.25, 0.3) is 5.91 Å². The van der Waals surface area contributed by atoms with Gasteiger partial charge < -0.3 is 24.6 Å². The predicted molar refractivity (Wildman–Crippen MR) is 203 cm³/mol. The van der Waals surface area contributed by atoms with Gasteiger partial charge in [-0.05, 0) is 57.6 Å². The number of likely N-dealkylation sites (N-methyl/N-ethyl adjacent to an activating group) is 1. The molecule has 0 unspecified atom stereocenters. The fraction of sp³-hybridized carbons (Fsp3) is 0.541. The van der Waals surface area contributed by atoms with Gasteiger partial charge in [-0.1, -0.05) is 37.6 Å². The summed E-state index contributed by atoms with van der Waals surface area (Å²) >= 11 is 8.08. The predicted octanol–water partition coefficient (Wildman–Crippen LogP) is 5.63. The lowest BCUT2D eigenvalue weighted by Crippen LogP contribution is -2.58. The molecule has 4 atom stereocenters. The number of pyridine rings is 1. The number of carbonyl (C=O) groups is 3. The Balaban J connectivity index is 1.21. The lowest BCUT2D eigenvalue weighted by molar-refractivity contribution is -0.134. The number of nitrogens with zero attached hydrogens (tertiary/aromatic N) is 4. The standard InChI is InChI=1S/C37H45ClN6O7S2/c1-21(2)32-40-28(20-52-32)27-17-30(24-15-31(50-5)25(38)16-26(24)39-27)51-23-14-29-33(45)43(4)13-9-7-6-8-10-22-18-37(22,41-35(47)44(29)19-23)34(46)42-53(48,49)36(3)11-12-36/h8,10,15-17,20-23,29H,6-7,9,11-14,18-19H2,1-5H3,(H,41,47)(H,42,46)/b10-8-/t22-,23+,29+,37-/m1/s1. The number of aromatic nitrogens is 2. The third kappa shape index (κ3) is 7.19. The summed E-state index contributed by atoms with van der Waals surface area (Å²) in [6.45, 7) is 6.30. The number of urea groups is 1. The molecule has 2 N–H and O–H groups in total. The second kappa shape index (κ2) is 14.0. The number of nitrogens with one attached hydrogen (secondary N) is 2. The van der Waals surface area contributed by atoms with Crippen molar-refractivity contribution in [3.05, 3.63) is 45.8 Å². The SMILES string of the molecule is COc1cc2c(O[C@H]3C[C@H]4C(=O)N(C)CCCC/C=C\[C@@H]5C[C@@]5(C(=O)NS(=O)(=O)C5(C)CC5)NC(=O)N4C3)cc(-c3csc(C(C)C)n3)nc2cc1Cl. The number of fused-ring (bicyclic) bond motifs is 3. The van der Waals surface area contributed by atoms with Crippen LogP contribution in [-0.2, 0) is 19.6 Å². The van der Waals surface area contributed by atoms with Crippen molar-refractivity contribution in [3.8, 4) is 22.9 Å². The molecule has 0 radical (unpaired) electrons. The lowest BCUT2D eigenvalue weighted by atomic mass is 10.1. The Morgan fingerprint density at radius 2 is 1.91 bits per heavy atom. The largest absolute Gasteiger partial charge is 0.495 e. The molecule has 3 fully saturated rings. The average molecular weight is 785 g/mol. The summed E-state index contributed by atoms with van der Waals surface area (Å²) in [7, 11) is -0.704.